The molecule has 1 N–H and O–H groups in total. The quantitative estimate of drug-likeness (QED) is 0.228. The largest absolute Gasteiger partial charge is 0.459 e. The molecule has 0 unspecified atom stereocenters. The molecule has 0 radical (unpaired) electrons. The molecule has 0 aliphatic heterocycles. The van der Waals surface area contributed by atoms with Crippen molar-refractivity contribution in [2.45, 2.75) is 57.8 Å². The number of benzene rings is 5. The van der Waals surface area contributed by atoms with Crippen molar-refractivity contribution in [3.63, 3.8) is 0 Å². The van der Waals surface area contributed by atoms with E-state index in [0.717, 1.165) is 22.7 Å². The maximum Gasteiger partial charge on any atom is 0.135 e. The van der Waals surface area contributed by atoms with Gasteiger partial charge in [-0.05, 0) is 85.7 Å². The number of anilines is 2. The van der Waals surface area contributed by atoms with Crippen LogP contribution in [0.3, 0.4) is 0 Å². The van der Waals surface area contributed by atoms with Gasteiger partial charge in [-0.1, -0.05) is 120 Å². The Labute approximate surface area is 254 Å². The van der Waals surface area contributed by atoms with Gasteiger partial charge in [0.15, 0.2) is 0 Å². The summed E-state index contributed by atoms with van der Waals surface area (Å²) < 4.78 is 7.03. The van der Waals surface area contributed by atoms with Crippen LogP contribution in [-0.2, 0) is 16.2 Å². The van der Waals surface area contributed by atoms with Gasteiger partial charge in [0.1, 0.15) is 16.8 Å². The Balaban J connectivity index is 1.51. The zero-order chi connectivity index (χ0) is 29.7. The van der Waals surface area contributed by atoms with Gasteiger partial charge in [-0.25, -0.2) is 0 Å². The van der Waals surface area contributed by atoms with Gasteiger partial charge in [0.25, 0.3) is 0 Å². The van der Waals surface area contributed by atoms with E-state index in [1.54, 1.807) is 0 Å². The highest BCUT2D eigenvalue weighted by molar-refractivity contribution is 6.05. The van der Waals surface area contributed by atoms with E-state index < -0.39 is 5.41 Å². The molecule has 6 aromatic rings. The third-order valence-corrected chi connectivity index (χ3v) is 9.56. The summed E-state index contributed by atoms with van der Waals surface area (Å²) in [6.45, 7) is 13.8. The van der Waals surface area contributed by atoms with E-state index in [2.05, 4.69) is 156 Å². The summed E-state index contributed by atoms with van der Waals surface area (Å²) >= 11 is 0. The average Bonchev–Trinajstić information content (AvgIpc) is 3.59. The van der Waals surface area contributed by atoms with Crippen LogP contribution in [-0.4, -0.2) is 0 Å². The number of rotatable bonds is 2. The Hall–Kier alpha value is -4.56. The van der Waals surface area contributed by atoms with Gasteiger partial charge in [0.2, 0.25) is 0 Å². The monoisotopic (exact) mass is 559 g/mol. The van der Waals surface area contributed by atoms with Crippen molar-refractivity contribution in [3.05, 3.63) is 143 Å². The minimum absolute atomic E-state index is 0.0103. The lowest BCUT2D eigenvalue weighted by atomic mass is 9.71. The number of para-hydroxylation sites is 2. The number of hydrogen-bond donors (Lipinski definition) is 1. The molecule has 0 saturated heterocycles. The molecule has 0 amide bonds. The number of hydrogen-bond acceptors (Lipinski definition) is 2. The minimum atomic E-state index is -0.564. The Morgan fingerprint density at radius 2 is 1.09 bits per heavy atom. The summed E-state index contributed by atoms with van der Waals surface area (Å²) in [4.78, 5) is 0. The number of furan rings is 1. The van der Waals surface area contributed by atoms with Crippen molar-refractivity contribution in [1.82, 2.24) is 0 Å². The maximum absolute atomic E-state index is 7.03. The highest BCUT2D eigenvalue weighted by atomic mass is 16.3. The number of fused-ring (bicyclic) bond motifs is 12. The van der Waals surface area contributed by atoms with Gasteiger partial charge in [-0.3, -0.25) is 0 Å². The fraction of sp³-hybridized carbons (Fsp3) is 0.220. The molecule has 0 bridgehead atoms. The van der Waals surface area contributed by atoms with Gasteiger partial charge in [0.05, 0.1) is 0 Å². The lowest BCUT2D eigenvalue weighted by Gasteiger charge is -2.31. The first-order chi connectivity index (χ1) is 20.6. The third-order valence-electron chi connectivity index (χ3n) is 9.56. The van der Waals surface area contributed by atoms with Crippen LogP contribution >= 0.6 is 0 Å². The second-order valence-corrected chi connectivity index (χ2v) is 14.3. The molecule has 2 nitrogen and oxygen atoms in total. The highest BCUT2D eigenvalue weighted by Gasteiger charge is 2.55. The van der Waals surface area contributed by atoms with E-state index in [1.165, 1.54) is 55.5 Å². The Morgan fingerprint density at radius 1 is 0.535 bits per heavy atom. The summed E-state index contributed by atoms with van der Waals surface area (Å²) in [6.07, 6.45) is 0. The first-order valence-electron chi connectivity index (χ1n) is 15.4. The second-order valence-electron chi connectivity index (χ2n) is 14.3. The van der Waals surface area contributed by atoms with E-state index in [0.29, 0.717) is 0 Å². The van der Waals surface area contributed by atoms with E-state index in [4.69, 9.17) is 4.42 Å². The van der Waals surface area contributed by atoms with Crippen LogP contribution in [0.15, 0.2) is 114 Å². The maximum atomic E-state index is 7.03. The van der Waals surface area contributed by atoms with Gasteiger partial charge in [-0.15, -0.1) is 0 Å². The van der Waals surface area contributed by atoms with Crippen molar-refractivity contribution in [2.75, 3.05) is 5.32 Å². The van der Waals surface area contributed by atoms with Gasteiger partial charge in [-0.2, -0.15) is 0 Å². The fourth-order valence-electron chi connectivity index (χ4n) is 7.33. The molecule has 1 spiro atoms. The van der Waals surface area contributed by atoms with Crippen LogP contribution in [0.5, 0.6) is 0 Å². The molecule has 212 valence electrons. The standard InChI is InChI=1S/C41H37NO/c1-39(2,3)25-16-19-29-30-20-17-26(40(4,5)6)23-34(30)41(33(29)22-25)35-24-28(42-27-12-8-7-9-13-27)18-21-31(35)37-32-14-10-11-15-36(32)43-38(37)41/h7-24,42H,1-6H3. The fourth-order valence-corrected chi connectivity index (χ4v) is 7.33. The van der Waals surface area contributed by atoms with E-state index in [-0.39, 0.29) is 10.8 Å². The minimum Gasteiger partial charge on any atom is -0.459 e. The normalized spacial score (nSPS) is 14.5. The predicted molar refractivity (Wildman–Crippen MR) is 180 cm³/mol. The van der Waals surface area contributed by atoms with Crippen LogP contribution in [0.1, 0.15) is 75.1 Å². The molecule has 1 aromatic heterocycles. The van der Waals surface area contributed by atoms with Gasteiger partial charge >= 0.3 is 0 Å². The summed E-state index contributed by atoms with van der Waals surface area (Å²) in [5.74, 6) is 1.04. The van der Waals surface area contributed by atoms with Gasteiger partial charge < -0.3 is 9.73 Å². The molecule has 0 saturated carbocycles. The smallest absolute Gasteiger partial charge is 0.135 e. The Bertz CT molecular complexity index is 2000. The Morgan fingerprint density at radius 3 is 1.72 bits per heavy atom. The molecular formula is C41H37NO. The SMILES string of the molecule is CC(C)(C)c1ccc2c(c1)C1(c3cc(C(C)(C)C)ccc3-2)c2cc(Nc3ccccc3)ccc2-c2c1oc1ccccc21. The molecular weight excluding hydrogens is 522 g/mol. The van der Waals surface area contributed by atoms with Crippen LogP contribution in [0.4, 0.5) is 11.4 Å². The molecule has 5 aromatic carbocycles. The third kappa shape index (κ3) is 3.65. The molecule has 2 aliphatic rings. The first-order valence-corrected chi connectivity index (χ1v) is 15.4. The average molecular weight is 560 g/mol. The molecule has 43 heavy (non-hydrogen) atoms. The van der Waals surface area contributed by atoms with Crippen molar-refractivity contribution < 1.29 is 4.42 Å². The van der Waals surface area contributed by atoms with Crippen molar-refractivity contribution in [3.8, 4) is 22.3 Å². The van der Waals surface area contributed by atoms with Crippen molar-refractivity contribution in [2.24, 2.45) is 0 Å². The molecule has 8 rings (SSSR count). The number of nitrogens with one attached hydrogen (secondary N) is 1. The summed E-state index contributed by atoms with van der Waals surface area (Å²) in [6, 6.07) is 40.1. The highest BCUT2D eigenvalue weighted by Crippen LogP contribution is 2.65. The van der Waals surface area contributed by atoms with E-state index >= 15 is 0 Å². The molecule has 0 fully saturated rings. The van der Waals surface area contributed by atoms with Crippen LogP contribution < -0.4 is 5.32 Å². The molecule has 2 aliphatic carbocycles. The van der Waals surface area contributed by atoms with Crippen LogP contribution in [0.25, 0.3) is 33.2 Å². The Kier molecular flexibility index (Phi) is 5.30. The molecule has 1 heterocycles. The lowest BCUT2D eigenvalue weighted by Crippen LogP contribution is -2.27. The van der Waals surface area contributed by atoms with E-state index in [9.17, 15) is 0 Å². The predicted octanol–water partition coefficient (Wildman–Crippen LogP) is 11.1. The van der Waals surface area contributed by atoms with Crippen LogP contribution in [0.2, 0.25) is 0 Å². The first kappa shape index (κ1) is 26.1. The van der Waals surface area contributed by atoms with Gasteiger partial charge in [0, 0.05) is 22.3 Å². The van der Waals surface area contributed by atoms with Crippen molar-refractivity contribution >= 4 is 22.3 Å². The molecule has 0 atom stereocenters. The topological polar surface area (TPSA) is 25.2 Å². The van der Waals surface area contributed by atoms with E-state index in [1.807, 2.05) is 0 Å². The summed E-state index contributed by atoms with van der Waals surface area (Å²) in [5, 5.41) is 4.86. The zero-order valence-corrected chi connectivity index (χ0v) is 25.8. The van der Waals surface area contributed by atoms with Crippen molar-refractivity contribution in [1.29, 1.82) is 0 Å². The molecule has 2 heteroatoms. The second kappa shape index (κ2) is 8.74. The lowest BCUT2D eigenvalue weighted by molar-refractivity contribution is 0.504. The zero-order valence-electron chi connectivity index (χ0n) is 25.8. The summed E-state index contributed by atoms with van der Waals surface area (Å²) in [5.41, 5.74) is 14.2. The summed E-state index contributed by atoms with van der Waals surface area (Å²) in [7, 11) is 0. The van der Waals surface area contributed by atoms with Crippen LogP contribution in [0, 0.1) is 0 Å².